The van der Waals surface area contributed by atoms with Crippen molar-refractivity contribution in [2.75, 3.05) is 47.3 Å². The molecule has 0 radical (unpaired) electrons. The molecule has 2 aromatic heterocycles. The third-order valence-corrected chi connectivity index (χ3v) is 6.58. The van der Waals surface area contributed by atoms with Crippen LogP contribution in [0.5, 0.6) is 5.75 Å². The summed E-state index contributed by atoms with van der Waals surface area (Å²) in [6, 6.07) is 15.0. The van der Waals surface area contributed by atoms with Gasteiger partial charge < -0.3 is 25.4 Å². The Hall–Kier alpha value is -4.31. The molecular weight excluding hydrogens is 551 g/mol. The van der Waals surface area contributed by atoms with Crippen molar-refractivity contribution in [1.82, 2.24) is 15.0 Å². The van der Waals surface area contributed by atoms with Crippen molar-refractivity contribution < 1.29 is 14.6 Å². The summed E-state index contributed by atoms with van der Waals surface area (Å²) < 4.78 is 5.42. The van der Waals surface area contributed by atoms with Gasteiger partial charge in [-0.1, -0.05) is 26.9 Å². The van der Waals surface area contributed by atoms with Gasteiger partial charge in [0.15, 0.2) is 0 Å². The molecule has 204 valence electrons. The second-order valence-electron chi connectivity index (χ2n) is 8.74. The molecular formula is C27H26ClN8O3P. The Labute approximate surface area is 237 Å². The van der Waals surface area contributed by atoms with Crippen LogP contribution in [0.4, 0.5) is 28.8 Å². The van der Waals surface area contributed by atoms with Crippen molar-refractivity contribution in [3.05, 3.63) is 83.3 Å². The maximum atomic E-state index is 12.6. The van der Waals surface area contributed by atoms with Crippen LogP contribution in [0.2, 0.25) is 5.02 Å². The first-order valence-corrected chi connectivity index (χ1v) is 13.3. The van der Waals surface area contributed by atoms with E-state index >= 15 is 0 Å². The first kappa shape index (κ1) is 27.3. The zero-order chi connectivity index (χ0) is 27.9. The second kappa shape index (κ2) is 12.7. The molecule has 1 unspecified atom stereocenters. The van der Waals surface area contributed by atoms with Crippen LogP contribution in [0.25, 0.3) is 0 Å². The van der Waals surface area contributed by atoms with Crippen molar-refractivity contribution in [1.29, 1.82) is 0 Å². The highest BCUT2D eigenvalue weighted by Crippen LogP contribution is 2.25. The number of carbonyl (C=O) groups excluding carboxylic acids is 1. The molecule has 3 heterocycles. The molecule has 5 rings (SSSR count). The molecule has 1 aliphatic heterocycles. The Morgan fingerprint density at radius 2 is 1.88 bits per heavy atom. The van der Waals surface area contributed by atoms with E-state index in [0.717, 1.165) is 29.9 Å². The van der Waals surface area contributed by atoms with Crippen LogP contribution < -0.4 is 26.3 Å². The van der Waals surface area contributed by atoms with Gasteiger partial charge in [-0.25, -0.2) is 10.4 Å². The molecule has 1 fully saturated rings. The minimum Gasteiger partial charge on any atom is -0.508 e. The van der Waals surface area contributed by atoms with Crippen molar-refractivity contribution in [3.63, 3.8) is 0 Å². The van der Waals surface area contributed by atoms with Crippen molar-refractivity contribution in [3.8, 4) is 5.75 Å². The second-order valence-corrected chi connectivity index (χ2v) is 9.77. The number of aromatic nitrogens is 3. The zero-order valence-corrected chi connectivity index (χ0v) is 23.1. The Morgan fingerprint density at radius 1 is 1.05 bits per heavy atom. The maximum Gasteiger partial charge on any atom is 0.257 e. The van der Waals surface area contributed by atoms with E-state index in [1.165, 1.54) is 12.1 Å². The van der Waals surface area contributed by atoms with Gasteiger partial charge in [-0.05, 0) is 42.5 Å². The van der Waals surface area contributed by atoms with Gasteiger partial charge in [0.05, 0.1) is 47.6 Å². The van der Waals surface area contributed by atoms with E-state index in [1.54, 1.807) is 55.0 Å². The number of phenolic OH excluding ortho intramolecular Hbond substituents is 1. The Morgan fingerprint density at radius 3 is 2.62 bits per heavy atom. The molecule has 13 heteroatoms. The Kier molecular flexibility index (Phi) is 8.65. The van der Waals surface area contributed by atoms with E-state index in [-0.39, 0.29) is 16.7 Å². The quantitative estimate of drug-likeness (QED) is 0.139. The molecule has 2 aromatic carbocycles. The third kappa shape index (κ3) is 7.01. The van der Waals surface area contributed by atoms with Gasteiger partial charge in [0.25, 0.3) is 5.91 Å². The van der Waals surface area contributed by atoms with Gasteiger partial charge in [-0.3, -0.25) is 9.78 Å². The van der Waals surface area contributed by atoms with Crippen LogP contribution in [0.15, 0.2) is 72.1 Å². The number of morpholine rings is 1. The molecule has 0 saturated carbocycles. The molecule has 0 bridgehead atoms. The van der Waals surface area contributed by atoms with Crippen LogP contribution in [0, 0.1) is 0 Å². The number of anilines is 5. The van der Waals surface area contributed by atoms with Crippen molar-refractivity contribution in [2.45, 2.75) is 0 Å². The molecule has 4 aromatic rings. The predicted molar refractivity (Wildman–Crippen MR) is 161 cm³/mol. The number of hydrogen-bond acceptors (Lipinski definition) is 10. The number of nitrogens with one attached hydrogen (secondary N) is 3. The predicted octanol–water partition coefficient (Wildman–Crippen LogP) is 4.01. The lowest BCUT2D eigenvalue weighted by molar-refractivity contribution is 0.102. The fraction of sp³-hybridized carbons (Fsp3) is 0.148. The van der Waals surface area contributed by atoms with E-state index in [0.29, 0.717) is 41.8 Å². The van der Waals surface area contributed by atoms with Gasteiger partial charge in [0, 0.05) is 42.0 Å². The van der Waals surface area contributed by atoms with Gasteiger partial charge in [0.1, 0.15) is 11.6 Å². The van der Waals surface area contributed by atoms with Crippen LogP contribution >= 0.6 is 20.8 Å². The number of hydrogen-bond donors (Lipinski definition) is 4. The van der Waals surface area contributed by atoms with Gasteiger partial charge in [-0.15, -0.1) is 0 Å². The van der Waals surface area contributed by atoms with E-state index in [9.17, 15) is 9.90 Å². The van der Waals surface area contributed by atoms with Crippen molar-refractivity contribution in [2.24, 2.45) is 5.10 Å². The summed E-state index contributed by atoms with van der Waals surface area (Å²) in [5, 5.41) is 20.9. The summed E-state index contributed by atoms with van der Waals surface area (Å²) in [4.78, 5) is 28.0. The fourth-order valence-corrected chi connectivity index (χ4v) is 4.49. The molecule has 0 spiro atoms. The third-order valence-electron chi connectivity index (χ3n) is 5.86. The first-order valence-electron chi connectivity index (χ1n) is 12.3. The molecule has 1 aliphatic rings. The highest BCUT2D eigenvalue weighted by Gasteiger charge is 2.16. The summed E-state index contributed by atoms with van der Waals surface area (Å²) >= 11 is 6.37. The average Bonchev–Trinajstić information content (AvgIpc) is 2.95. The number of rotatable bonds is 8. The lowest BCUT2D eigenvalue weighted by Gasteiger charge is -2.28. The lowest BCUT2D eigenvalue weighted by atomic mass is 10.1. The summed E-state index contributed by atoms with van der Waals surface area (Å²) in [7, 11) is 2.66. The highest BCUT2D eigenvalue weighted by atomic mass is 35.5. The molecule has 40 heavy (non-hydrogen) atoms. The normalized spacial score (nSPS) is 13.3. The number of halogens is 1. The SMILES string of the molecule is O=C(Nc1cccc(O)c1)c1ccc(Nc2ccc(/C=N/Nc3ncc(P)c(N4CCOCC4)n3)nc2)cc1Cl. The average molecular weight is 577 g/mol. The molecule has 1 amide bonds. The number of ether oxygens (including phenoxy) is 1. The summed E-state index contributed by atoms with van der Waals surface area (Å²) in [6.07, 6.45) is 4.97. The van der Waals surface area contributed by atoms with E-state index in [2.05, 4.69) is 50.3 Å². The Bertz CT molecular complexity index is 1530. The van der Waals surface area contributed by atoms with E-state index in [4.69, 9.17) is 16.3 Å². The van der Waals surface area contributed by atoms with Crippen LogP contribution in [0.1, 0.15) is 16.1 Å². The largest absolute Gasteiger partial charge is 0.508 e. The number of carbonyl (C=O) groups is 1. The smallest absolute Gasteiger partial charge is 0.257 e. The summed E-state index contributed by atoms with van der Waals surface area (Å²) in [5.74, 6) is 0.898. The molecule has 1 saturated heterocycles. The standard InChI is InChI=1S/C27H26ClN8O3P/c28-23-13-18(6-7-22(23)26(38)33-17-2-1-3-21(37)12-17)32-20-5-4-19(29-14-20)15-31-35-27-30-16-24(40)25(34-27)36-8-10-39-11-9-36/h1-7,12-16,32,37H,8-11,40H2,(H,33,38)(H,30,34,35)/b31-15+. The van der Waals surface area contributed by atoms with Gasteiger partial charge in [-0.2, -0.15) is 10.1 Å². The number of phenols is 1. The monoisotopic (exact) mass is 576 g/mol. The minimum absolute atomic E-state index is 0.0585. The molecule has 1 atom stereocenters. The number of hydrazone groups is 1. The highest BCUT2D eigenvalue weighted by molar-refractivity contribution is 7.28. The van der Waals surface area contributed by atoms with Crippen LogP contribution in [-0.4, -0.2) is 58.5 Å². The topological polar surface area (TPSA) is 137 Å². The van der Waals surface area contributed by atoms with Crippen LogP contribution in [0.3, 0.4) is 0 Å². The number of nitrogens with zero attached hydrogens (tertiary/aromatic N) is 5. The number of aromatic hydroxyl groups is 1. The lowest BCUT2D eigenvalue weighted by Crippen LogP contribution is -2.38. The van der Waals surface area contributed by atoms with Gasteiger partial charge >= 0.3 is 0 Å². The Balaban J connectivity index is 1.17. The number of pyridine rings is 1. The molecule has 11 nitrogen and oxygen atoms in total. The van der Waals surface area contributed by atoms with Gasteiger partial charge in [0.2, 0.25) is 5.95 Å². The molecule has 4 N–H and O–H groups in total. The zero-order valence-electron chi connectivity index (χ0n) is 21.2. The fourth-order valence-electron chi connectivity index (χ4n) is 3.90. The molecule has 0 aliphatic carbocycles. The maximum absolute atomic E-state index is 12.6. The van der Waals surface area contributed by atoms with E-state index in [1.807, 2.05) is 6.07 Å². The number of benzene rings is 2. The first-order chi connectivity index (χ1) is 19.4. The van der Waals surface area contributed by atoms with Crippen LogP contribution in [-0.2, 0) is 4.74 Å². The van der Waals surface area contributed by atoms with Crippen molar-refractivity contribution >= 4 is 67.1 Å². The minimum atomic E-state index is -0.381. The van der Waals surface area contributed by atoms with E-state index < -0.39 is 0 Å². The number of amides is 1. The summed E-state index contributed by atoms with van der Waals surface area (Å²) in [6.45, 7) is 2.89. The summed E-state index contributed by atoms with van der Waals surface area (Å²) in [5.41, 5.74) is 5.68.